The zero-order valence-electron chi connectivity index (χ0n) is 9.33. The first kappa shape index (κ1) is 12.6. The average molecular weight is 244 g/mol. The molecular weight excluding hydrogens is 228 g/mol. The van der Waals surface area contributed by atoms with Crippen molar-refractivity contribution in [3.05, 3.63) is 21.4 Å². The molecule has 1 unspecified atom stereocenters. The minimum absolute atomic E-state index is 0.0173. The van der Waals surface area contributed by atoms with E-state index in [0.717, 1.165) is 21.7 Å². The van der Waals surface area contributed by atoms with Crippen molar-refractivity contribution < 1.29 is 9.00 Å². The summed E-state index contributed by atoms with van der Waals surface area (Å²) in [6.45, 7) is 5.90. The fourth-order valence-corrected chi connectivity index (χ4v) is 3.42. The molecule has 0 N–H and O–H groups in total. The van der Waals surface area contributed by atoms with E-state index in [1.54, 1.807) is 11.3 Å². The van der Waals surface area contributed by atoms with Crippen LogP contribution in [-0.2, 0) is 10.8 Å². The number of carbonyl (C=O) groups excluding carboxylic acids is 1. The quantitative estimate of drug-likeness (QED) is 0.746. The van der Waals surface area contributed by atoms with Gasteiger partial charge in [0, 0.05) is 31.9 Å². The number of rotatable bonds is 5. The maximum absolute atomic E-state index is 11.8. The van der Waals surface area contributed by atoms with Gasteiger partial charge in [-0.05, 0) is 26.3 Å². The van der Waals surface area contributed by atoms with Crippen LogP contribution in [0.2, 0.25) is 0 Å². The van der Waals surface area contributed by atoms with Crippen LogP contribution in [-0.4, -0.2) is 21.5 Å². The average Bonchev–Trinajstić information content (AvgIpc) is 2.45. The van der Waals surface area contributed by atoms with Crippen LogP contribution in [0.4, 0.5) is 0 Å². The molecule has 0 spiro atoms. The molecule has 4 heteroatoms. The van der Waals surface area contributed by atoms with E-state index in [1.165, 1.54) is 0 Å². The van der Waals surface area contributed by atoms with Crippen molar-refractivity contribution in [1.82, 2.24) is 0 Å². The van der Waals surface area contributed by atoms with Gasteiger partial charge in [-0.1, -0.05) is 6.92 Å². The summed E-state index contributed by atoms with van der Waals surface area (Å²) in [4.78, 5) is 13.9. The van der Waals surface area contributed by atoms with Crippen molar-refractivity contribution >= 4 is 27.9 Å². The Balaban J connectivity index is 2.69. The molecule has 1 rings (SSSR count). The lowest BCUT2D eigenvalue weighted by Gasteiger charge is -1.99. The van der Waals surface area contributed by atoms with Crippen molar-refractivity contribution in [2.45, 2.75) is 27.2 Å². The summed E-state index contributed by atoms with van der Waals surface area (Å²) in [6, 6.07) is 1.89. The molecule has 15 heavy (non-hydrogen) atoms. The van der Waals surface area contributed by atoms with Crippen molar-refractivity contribution in [2.75, 3.05) is 11.5 Å². The summed E-state index contributed by atoms with van der Waals surface area (Å²) in [5.74, 6) is 0.808. The molecule has 0 aliphatic carbocycles. The predicted octanol–water partition coefficient (Wildman–Crippen LogP) is 2.71. The Hall–Kier alpha value is -0.480. The zero-order chi connectivity index (χ0) is 11.4. The maximum atomic E-state index is 11.8. The molecule has 2 nitrogen and oxygen atoms in total. The highest BCUT2D eigenvalue weighted by Crippen LogP contribution is 2.21. The fourth-order valence-electron chi connectivity index (χ4n) is 1.43. The van der Waals surface area contributed by atoms with Crippen LogP contribution in [0.1, 0.15) is 33.5 Å². The van der Waals surface area contributed by atoms with Gasteiger partial charge in [-0.15, -0.1) is 11.3 Å². The zero-order valence-corrected chi connectivity index (χ0v) is 11.0. The van der Waals surface area contributed by atoms with Gasteiger partial charge in [0.2, 0.25) is 0 Å². The molecule has 0 saturated carbocycles. The molecule has 1 atom stereocenters. The van der Waals surface area contributed by atoms with E-state index in [9.17, 15) is 9.00 Å². The third-order valence-corrected chi connectivity index (χ3v) is 4.48. The van der Waals surface area contributed by atoms with Crippen LogP contribution in [0.25, 0.3) is 0 Å². The highest BCUT2D eigenvalue weighted by molar-refractivity contribution is 7.85. The number of ketones is 1. The summed E-state index contributed by atoms with van der Waals surface area (Å²) in [7, 11) is -0.995. The molecule has 0 bridgehead atoms. The smallest absolute Gasteiger partial charge is 0.176 e. The summed E-state index contributed by atoms with van der Waals surface area (Å²) in [5, 5.41) is 0. The molecular formula is C11H16O2S2. The van der Waals surface area contributed by atoms with Gasteiger partial charge in [0.25, 0.3) is 0 Å². The predicted molar refractivity (Wildman–Crippen MR) is 66.3 cm³/mol. The van der Waals surface area contributed by atoms with Gasteiger partial charge < -0.3 is 0 Å². The minimum atomic E-state index is -0.995. The van der Waals surface area contributed by atoms with Gasteiger partial charge in [0.15, 0.2) is 5.78 Å². The van der Waals surface area contributed by atoms with Gasteiger partial charge in [0.1, 0.15) is 0 Å². The molecule has 0 saturated heterocycles. The van der Waals surface area contributed by atoms with E-state index in [-0.39, 0.29) is 11.5 Å². The molecule has 1 aromatic rings. The number of aryl methyl sites for hydroxylation is 2. The first-order chi connectivity index (χ1) is 7.04. The number of Topliss-reactive ketones (excluding diaryl/α,β-unsaturated/α-hetero) is 1. The standard InChI is InChI=1S/C11H16O2S2/c1-4-5-15(13)7-11(12)10-6-8(2)14-9(10)3/h6H,4-5,7H2,1-3H3. The molecule has 84 valence electrons. The highest BCUT2D eigenvalue weighted by Gasteiger charge is 2.14. The second kappa shape index (κ2) is 5.56. The van der Waals surface area contributed by atoms with Gasteiger partial charge in [-0.25, -0.2) is 0 Å². The lowest BCUT2D eigenvalue weighted by Crippen LogP contribution is -2.13. The summed E-state index contributed by atoms with van der Waals surface area (Å²) < 4.78 is 11.4. The van der Waals surface area contributed by atoms with E-state index in [4.69, 9.17) is 0 Å². The van der Waals surface area contributed by atoms with E-state index >= 15 is 0 Å². The molecule has 0 amide bonds. The molecule has 1 aromatic heterocycles. The summed E-state index contributed by atoms with van der Waals surface area (Å²) in [6.07, 6.45) is 0.863. The topological polar surface area (TPSA) is 34.1 Å². The number of hydrogen-bond donors (Lipinski definition) is 0. The normalized spacial score (nSPS) is 12.7. The summed E-state index contributed by atoms with van der Waals surface area (Å²) >= 11 is 1.62. The Labute approximate surface area is 97.2 Å². The van der Waals surface area contributed by atoms with Crippen molar-refractivity contribution in [3.8, 4) is 0 Å². The Morgan fingerprint density at radius 1 is 1.47 bits per heavy atom. The monoisotopic (exact) mass is 244 g/mol. The van der Waals surface area contributed by atoms with Gasteiger partial charge >= 0.3 is 0 Å². The first-order valence-electron chi connectivity index (χ1n) is 4.99. The van der Waals surface area contributed by atoms with Crippen molar-refractivity contribution in [3.63, 3.8) is 0 Å². The van der Waals surface area contributed by atoms with E-state index in [2.05, 4.69) is 0 Å². The van der Waals surface area contributed by atoms with Crippen LogP contribution >= 0.6 is 11.3 Å². The lowest BCUT2D eigenvalue weighted by atomic mass is 10.2. The number of thiophene rings is 1. The molecule has 0 fully saturated rings. The lowest BCUT2D eigenvalue weighted by molar-refractivity contribution is 0.102. The summed E-state index contributed by atoms with van der Waals surface area (Å²) in [5.41, 5.74) is 0.752. The van der Waals surface area contributed by atoms with E-state index < -0.39 is 10.8 Å². The van der Waals surface area contributed by atoms with Crippen LogP contribution in [0, 0.1) is 13.8 Å². The fraction of sp³-hybridized carbons (Fsp3) is 0.545. The second-order valence-electron chi connectivity index (χ2n) is 3.54. The molecule has 1 heterocycles. The van der Waals surface area contributed by atoms with Crippen molar-refractivity contribution in [1.29, 1.82) is 0 Å². The van der Waals surface area contributed by atoms with Crippen molar-refractivity contribution in [2.24, 2.45) is 0 Å². The third-order valence-electron chi connectivity index (χ3n) is 2.07. The Kier molecular flexibility index (Phi) is 4.67. The van der Waals surface area contributed by atoms with Gasteiger partial charge in [-0.2, -0.15) is 0 Å². The highest BCUT2D eigenvalue weighted by atomic mass is 32.2. The largest absolute Gasteiger partial charge is 0.293 e. The SMILES string of the molecule is CCCS(=O)CC(=O)c1cc(C)sc1C. The van der Waals surface area contributed by atoms with Crippen LogP contribution in [0.15, 0.2) is 6.07 Å². The Bertz CT molecular complexity index is 380. The minimum Gasteiger partial charge on any atom is -0.293 e. The molecule has 0 aliphatic heterocycles. The van der Waals surface area contributed by atoms with E-state index in [1.807, 2.05) is 26.8 Å². The number of carbonyl (C=O) groups is 1. The molecule has 0 aliphatic rings. The maximum Gasteiger partial charge on any atom is 0.176 e. The Morgan fingerprint density at radius 2 is 2.13 bits per heavy atom. The van der Waals surface area contributed by atoms with Crippen LogP contribution < -0.4 is 0 Å². The van der Waals surface area contributed by atoms with Gasteiger partial charge in [-0.3, -0.25) is 9.00 Å². The van der Waals surface area contributed by atoms with E-state index in [0.29, 0.717) is 5.75 Å². The third kappa shape index (κ3) is 3.54. The van der Waals surface area contributed by atoms with Crippen LogP contribution in [0.3, 0.4) is 0 Å². The number of hydrogen-bond acceptors (Lipinski definition) is 3. The van der Waals surface area contributed by atoms with Crippen LogP contribution in [0.5, 0.6) is 0 Å². The van der Waals surface area contributed by atoms with Gasteiger partial charge in [0.05, 0.1) is 5.75 Å². The second-order valence-corrected chi connectivity index (χ2v) is 6.58. The Morgan fingerprint density at radius 3 is 2.60 bits per heavy atom. The first-order valence-corrected chi connectivity index (χ1v) is 7.30. The molecule has 0 aromatic carbocycles. The molecule has 0 radical (unpaired) electrons.